The first-order chi connectivity index (χ1) is 21.9. The average molecular weight is 689 g/mol. The molecule has 11 heteroatoms. The van der Waals surface area contributed by atoms with Crippen molar-refractivity contribution < 1.29 is 23.1 Å². The number of aryl methyl sites for hydroxylation is 1. The molecule has 2 fully saturated rings. The smallest absolute Gasteiger partial charge is 0.239 e. The third-order valence-corrected chi connectivity index (χ3v) is 13.2. The van der Waals surface area contributed by atoms with Crippen LogP contribution >= 0.6 is 11.3 Å². The number of thiophene rings is 1. The number of rotatable bonds is 13. The Morgan fingerprint density at radius 2 is 1.68 bits per heavy atom. The summed E-state index contributed by atoms with van der Waals surface area (Å²) in [5.74, 6) is 0.453. The van der Waals surface area contributed by atoms with E-state index in [4.69, 9.17) is 0 Å². The van der Waals surface area contributed by atoms with Crippen LogP contribution in [0.15, 0.2) is 42.5 Å². The second-order valence-electron chi connectivity index (χ2n) is 15.3. The van der Waals surface area contributed by atoms with Crippen molar-refractivity contribution in [1.82, 2.24) is 20.9 Å². The monoisotopic (exact) mass is 688 g/mol. The van der Waals surface area contributed by atoms with Gasteiger partial charge in [-0.3, -0.25) is 19.8 Å². The van der Waals surface area contributed by atoms with Gasteiger partial charge in [0.1, 0.15) is 6.04 Å². The molecule has 262 valence electrons. The molecular weight excluding hydrogens is 633 g/mol. The molecule has 0 radical (unpaired) electrons. The van der Waals surface area contributed by atoms with Crippen LogP contribution in [0.4, 0.5) is 0 Å². The predicted octanol–water partition coefficient (Wildman–Crippen LogP) is 4.22. The quantitative estimate of drug-likeness (QED) is 0.248. The fourth-order valence-electron chi connectivity index (χ4n) is 7.06. The fraction of sp³-hybridized carbons (Fsp3) is 0.667. The molecule has 4 N–H and O–H groups in total. The molecule has 0 spiro atoms. The van der Waals surface area contributed by atoms with E-state index in [1.54, 1.807) is 25.2 Å². The van der Waals surface area contributed by atoms with E-state index in [2.05, 4.69) is 20.9 Å². The lowest BCUT2D eigenvalue weighted by molar-refractivity contribution is -0.133. The van der Waals surface area contributed by atoms with Crippen LogP contribution in [0.5, 0.6) is 0 Å². The van der Waals surface area contributed by atoms with Gasteiger partial charge < -0.3 is 15.7 Å². The Hall–Kier alpha value is -2.31. The number of carbonyl (C=O) groups is 2. The minimum absolute atomic E-state index is 0.0275. The third-order valence-electron chi connectivity index (χ3n) is 10.0. The molecule has 1 saturated heterocycles. The first-order valence-electron chi connectivity index (χ1n) is 17.0. The zero-order valence-corrected chi connectivity index (χ0v) is 30.8. The zero-order chi connectivity index (χ0) is 34.6. The summed E-state index contributed by atoms with van der Waals surface area (Å²) in [7, 11) is -3.66. The number of carbonyl (C=O) groups excluding carboxylic acids is 2. The Labute approximate surface area is 286 Å². The molecule has 2 aromatic rings. The molecule has 1 aliphatic heterocycles. The van der Waals surface area contributed by atoms with Gasteiger partial charge in [-0.2, -0.15) is 0 Å². The maximum Gasteiger partial charge on any atom is 0.239 e. The van der Waals surface area contributed by atoms with Crippen LogP contribution in [0.1, 0.15) is 82.0 Å². The highest BCUT2D eigenvalue weighted by Gasteiger charge is 2.45. The van der Waals surface area contributed by atoms with Gasteiger partial charge in [-0.05, 0) is 90.3 Å². The van der Waals surface area contributed by atoms with E-state index in [0.29, 0.717) is 24.8 Å². The molecule has 1 aliphatic carbocycles. The summed E-state index contributed by atoms with van der Waals surface area (Å²) < 4.78 is 24.6. The van der Waals surface area contributed by atoms with Gasteiger partial charge in [0.05, 0.1) is 22.9 Å². The van der Waals surface area contributed by atoms with Gasteiger partial charge in [-0.25, -0.2) is 8.42 Å². The highest BCUT2D eigenvalue weighted by atomic mass is 32.2. The van der Waals surface area contributed by atoms with Crippen LogP contribution in [-0.4, -0.2) is 84.1 Å². The Kier molecular flexibility index (Phi) is 12.4. The number of nitrogens with zero attached hydrogens (tertiary/aromatic N) is 1. The molecule has 4 rings (SSSR count). The number of benzene rings is 1. The van der Waals surface area contributed by atoms with Crippen molar-refractivity contribution in [2.24, 2.45) is 11.8 Å². The van der Waals surface area contributed by atoms with E-state index in [0.717, 1.165) is 47.4 Å². The maximum atomic E-state index is 14.2. The van der Waals surface area contributed by atoms with Gasteiger partial charge >= 0.3 is 0 Å². The minimum Gasteiger partial charge on any atom is -0.390 e. The summed E-state index contributed by atoms with van der Waals surface area (Å²) in [5, 5.41) is 21.4. The number of hydrogen-bond donors (Lipinski definition) is 4. The fourth-order valence-corrected chi connectivity index (χ4v) is 8.52. The van der Waals surface area contributed by atoms with E-state index >= 15 is 0 Å². The van der Waals surface area contributed by atoms with Crippen molar-refractivity contribution in [1.29, 1.82) is 0 Å². The highest BCUT2D eigenvalue weighted by molar-refractivity contribution is 7.92. The van der Waals surface area contributed by atoms with Gasteiger partial charge in [-0.15, -0.1) is 11.3 Å². The molecule has 1 aromatic heterocycles. The lowest BCUT2D eigenvalue weighted by Crippen LogP contribution is -2.63. The van der Waals surface area contributed by atoms with Gasteiger partial charge in [0.25, 0.3) is 0 Å². The summed E-state index contributed by atoms with van der Waals surface area (Å²) >= 11 is 1.59. The van der Waals surface area contributed by atoms with Gasteiger partial charge in [-0.1, -0.05) is 49.6 Å². The van der Waals surface area contributed by atoms with Gasteiger partial charge in [0.15, 0.2) is 9.84 Å². The molecule has 2 heterocycles. The normalized spacial score (nSPS) is 22.9. The molecule has 1 aromatic carbocycles. The van der Waals surface area contributed by atoms with Crippen LogP contribution in [0.2, 0.25) is 0 Å². The van der Waals surface area contributed by atoms with Gasteiger partial charge in [0.2, 0.25) is 11.8 Å². The first kappa shape index (κ1) is 37.5. The van der Waals surface area contributed by atoms with E-state index in [9.17, 15) is 23.1 Å². The number of aliphatic hydroxyl groups is 1. The van der Waals surface area contributed by atoms with Crippen molar-refractivity contribution in [3.8, 4) is 0 Å². The van der Waals surface area contributed by atoms with Crippen molar-refractivity contribution in [3.63, 3.8) is 0 Å². The van der Waals surface area contributed by atoms with Crippen molar-refractivity contribution in [2.45, 2.75) is 121 Å². The molecule has 0 bridgehead atoms. The average Bonchev–Trinajstić information content (AvgIpc) is 3.40. The third kappa shape index (κ3) is 10.1. The standard InChI is InChI=1S/C36H56N4O5S2/c1-24-17-18-28(46-24)21-37-32(36(5,6)47(7,44)45)34(43)38-29(19-25-13-9-8-10-14-25)31(41)23-40-22-27-16-12-11-15-26(27)20-30(40)33(42)39-35(2,3)4/h8-10,13-14,17-18,26-27,29-32,37,41H,11-12,15-16,19-23H2,1-7H3,(H,38,43)(H,39,42)/t26?,27?,29-,30-,31+,32+/m0/s1. The zero-order valence-electron chi connectivity index (χ0n) is 29.2. The van der Waals surface area contributed by atoms with Crippen LogP contribution in [-0.2, 0) is 32.4 Å². The molecule has 9 nitrogen and oxygen atoms in total. The number of aliphatic hydroxyl groups excluding tert-OH is 1. The predicted molar refractivity (Wildman–Crippen MR) is 190 cm³/mol. The van der Waals surface area contributed by atoms with E-state index in [1.807, 2.05) is 70.2 Å². The van der Waals surface area contributed by atoms with Crippen LogP contribution in [0, 0.1) is 18.8 Å². The maximum absolute atomic E-state index is 14.2. The first-order valence-corrected chi connectivity index (χ1v) is 19.7. The number of sulfone groups is 1. The molecule has 2 amide bonds. The van der Waals surface area contributed by atoms with E-state index in [-0.39, 0.29) is 24.0 Å². The second kappa shape index (κ2) is 15.5. The topological polar surface area (TPSA) is 128 Å². The van der Waals surface area contributed by atoms with Crippen LogP contribution < -0.4 is 16.0 Å². The summed E-state index contributed by atoms with van der Waals surface area (Å²) in [6, 6.07) is 11.5. The lowest BCUT2D eigenvalue weighted by Gasteiger charge is -2.47. The summed E-state index contributed by atoms with van der Waals surface area (Å²) in [5.41, 5.74) is 0.552. The number of likely N-dealkylation sites (tertiary alicyclic amines) is 1. The van der Waals surface area contributed by atoms with E-state index in [1.165, 1.54) is 12.8 Å². The van der Waals surface area contributed by atoms with Crippen molar-refractivity contribution >= 4 is 33.0 Å². The van der Waals surface area contributed by atoms with Gasteiger partial charge in [0, 0.05) is 41.2 Å². The Morgan fingerprint density at radius 3 is 2.28 bits per heavy atom. The Morgan fingerprint density at radius 1 is 1.02 bits per heavy atom. The minimum atomic E-state index is -3.66. The number of β-amino-alcohol motifs (C(OH)–C–C–N with tert-alkyl or cyclic N) is 1. The van der Waals surface area contributed by atoms with E-state index < -0.39 is 38.7 Å². The number of amides is 2. The molecule has 2 aliphatic rings. The number of piperidine rings is 1. The highest BCUT2D eigenvalue weighted by Crippen LogP contribution is 2.39. The Balaban J connectivity index is 1.60. The molecule has 1 saturated carbocycles. The molecule has 6 atom stereocenters. The lowest BCUT2D eigenvalue weighted by atomic mass is 9.72. The second-order valence-corrected chi connectivity index (χ2v) is 19.3. The van der Waals surface area contributed by atoms with Crippen molar-refractivity contribution in [2.75, 3.05) is 19.3 Å². The number of hydrogen-bond acceptors (Lipinski definition) is 8. The molecule has 47 heavy (non-hydrogen) atoms. The summed E-state index contributed by atoms with van der Waals surface area (Å²) in [6.07, 6.45) is 5.86. The summed E-state index contributed by atoms with van der Waals surface area (Å²) in [4.78, 5) is 32.0. The Bertz CT molecular complexity index is 1450. The molecule has 2 unspecified atom stereocenters. The number of nitrogens with one attached hydrogen (secondary N) is 3. The van der Waals surface area contributed by atoms with Crippen LogP contribution in [0.25, 0.3) is 0 Å². The van der Waals surface area contributed by atoms with Crippen LogP contribution in [0.3, 0.4) is 0 Å². The largest absolute Gasteiger partial charge is 0.390 e. The SMILES string of the molecule is Cc1ccc(CN[C@H](C(=O)N[C@@H](Cc2ccccc2)[C@H](O)CN2CC3CCCCC3C[C@H]2C(=O)NC(C)(C)C)C(C)(C)S(C)(=O)=O)s1. The number of fused-ring (bicyclic) bond motifs is 1. The molecular formula is C36H56N4O5S2. The summed E-state index contributed by atoms with van der Waals surface area (Å²) in [6.45, 7) is 12.3. The van der Waals surface area contributed by atoms with Crippen molar-refractivity contribution in [3.05, 3.63) is 57.8 Å².